The molecule has 0 spiro atoms. The number of nitrogens with one attached hydrogen (secondary N) is 1. The van der Waals surface area contributed by atoms with Gasteiger partial charge in [0.2, 0.25) is 0 Å². The summed E-state index contributed by atoms with van der Waals surface area (Å²) in [6.45, 7) is 6.27. The van der Waals surface area contributed by atoms with E-state index in [1.807, 2.05) is 19.2 Å². The van der Waals surface area contributed by atoms with Crippen molar-refractivity contribution in [2.75, 3.05) is 0 Å². The minimum atomic E-state index is 0.437. The van der Waals surface area contributed by atoms with Crippen LogP contribution in [0.25, 0.3) is 11.2 Å². The lowest BCUT2D eigenvalue weighted by Gasteiger charge is -2.06. The molecule has 2 rings (SSSR count). The van der Waals surface area contributed by atoms with Crippen LogP contribution in [0, 0.1) is 6.92 Å². The maximum absolute atomic E-state index is 4.54. The van der Waals surface area contributed by atoms with Gasteiger partial charge in [-0.15, -0.1) is 0 Å². The molecular weight excluding hydrogens is 162 g/mol. The Hall–Kier alpha value is -1.38. The Morgan fingerprint density at radius 3 is 2.77 bits per heavy atom. The molecule has 0 unspecified atom stereocenters. The number of hydrogen-bond donors (Lipinski definition) is 1. The number of aromatic nitrogens is 3. The van der Waals surface area contributed by atoms with Crippen LogP contribution in [0.3, 0.4) is 0 Å². The van der Waals surface area contributed by atoms with E-state index < -0.39 is 0 Å². The van der Waals surface area contributed by atoms with Gasteiger partial charge in [-0.3, -0.25) is 0 Å². The number of nitrogens with zero attached hydrogens (tertiary/aromatic N) is 2. The molecule has 0 saturated carbocycles. The topological polar surface area (TPSA) is 41.6 Å². The molecule has 0 bridgehead atoms. The second kappa shape index (κ2) is 2.83. The molecule has 0 aromatic carbocycles. The fraction of sp³-hybridized carbons (Fsp3) is 0.400. The van der Waals surface area contributed by atoms with Gasteiger partial charge >= 0.3 is 0 Å². The summed E-state index contributed by atoms with van der Waals surface area (Å²) in [7, 11) is 0. The molecule has 68 valence electrons. The van der Waals surface area contributed by atoms with E-state index in [-0.39, 0.29) is 0 Å². The van der Waals surface area contributed by atoms with Crippen LogP contribution < -0.4 is 0 Å². The first-order valence-electron chi connectivity index (χ1n) is 4.50. The van der Waals surface area contributed by atoms with Gasteiger partial charge in [0, 0.05) is 6.20 Å². The standard InChI is InChI=1S/C10H13N3/c1-6(2)9-7(3)12-10-8(13-9)4-5-11-10/h4-6H,1-3H3,(H,11,12). The normalized spacial score (nSPS) is 11.4. The monoisotopic (exact) mass is 175 g/mol. The van der Waals surface area contributed by atoms with Crippen molar-refractivity contribution in [1.29, 1.82) is 0 Å². The van der Waals surface area contributed by atoms with Gasteiger partial charge in [-0.25, -0.2) is 9.97 Å². The van der Waals surface area contributed by atoms with E-state index in [2.05, 4.69) is 28.8 Å². The molecule has 2 aromatic rings. The molecule has 13 heavy (non-hydrogen) atoms. The van der Waals surface area contributed by atoms with Crippen molar-refractivity contribution in [2.45, 2.75) is 26.7 Å². The van der Waals surface area contributed by atoms with Crippen LogP contribution in [0.1, 0.15) is 31.2 Å². The predicted octanol–water partition coefficient (Wildman–Crippen LogP) is 2.39. The second-order valence-corrected chi connectivity index (χ2v) is 3.56. The maximum Gasteiger partial charge on any atom is 0.156 e. The van der Waals surface area contributed by atoms with Crippen LogP contribution in [-0.4, -0.2) is 15.0 Å². The molecular formula is C10H13N3. The van der Waals surface area contributed by atoms with Gasteiger partial charge in [0.05, 0.1) is 11.4 Å². The number of fused-ring (bicyclic) bond motifs is 1. The summed E-state index contributed by atoms with van der Waals surface area (Å²) >= 11 is 0. The van der Waals surface area contributed by atoms with E-state index in [1.165, 1.54) is 0 Å². The average Bonchev–Trinajstić information content (AvgIpc) is 2.48. The van der Waals surface area contributed by atoms with E-state index in [0.29, 0.717) is 5.92 Å². The van der Waals surface area contributed by atoms with Crippen molar-refractivity contribution in [3.63, 3.8) is 0 Å². The molecule has 0 amide bonds. The highest BCUT2D eigenvalue weighted by atomic mass is 14.9. The minimum Gasteiger partial charge on any atom is -0.345 e. The zero-order valence-electron chi connectivity index (χ0n) is 8.13. The summed E-state index contributed by atoms with van der Waals surface area (Å²) in [5, 5.41) is 0. The fourth-order valence-electron chi connectivity index (χ4n) is 1.51. The second-order valence-electron chi connectivity index (χ2n) is 3.56. The van der Waals surface area contributed by atoms with Crippen molar-refractivity contribution in [1.82, 2.24) is 15.0 Å². The van der Waals surface area contributed by atoms with Gasteiger partial charge in [-0.2, -0.15) is 0 Å². The van der Waals surface area contributed by atoms with E-state index in [1.54, 1.807) is 0 Å². The molecule has 2 heterocycles. The van der Waals surface area contributed by atoms with E-state index in [9.17, 15) is 0 Å². The Morgan fingerprint density at radius 1 is 1.31 bits per heavy atom. The lowest BCUT2D eigenvalue weighted by atomic mass is 10.1. The number of aryl methyl sites for hydroxylation is 1. The Balaban J connectivity index is 2.69. The number of aromatic amines is 1. The van der Waals surface area contributed by atoms with Crippen molar-refractivity contribution >= 4 is 11.2 Å². The minimum absolute atomic E-state index is 0.437. The number of H-pyrrole nitrogens is 1. The summed E-state index contributed by atoms with van der Waals surface area (Å²) < 4.78 is 0. The van der Waals surface area contributed by atoms with Gasteiger partial charge in [-0.1, -0.05) is 13.8 Å². The Labute approximate surface area is 77.2 Å². The van der Waals surface area contributed by atoms with Crippen molar-refractivity contribution in [3.8, 4) is 0 Å². The van der Waals surface area contributed by atoms with Gasteiger partial charge < -0.3 is 4.98 Å². The number of rotatable bonds is 1. The third-order valence-electron chi connectivity index (χ3n) is 2.14. The molecule has 0 fully saturated rings. The first-order valence-corrected chi connectivity index (χ1v) is 4.50. The van der Waals surface area contributed by atoms with Gasteiger partial charge in [-0.05, 0) is 18.9 Å². The molecule has 0 aliphatic carbocycles. The molecule has 0 saturated heterocycles. The van der Waals surface area contributed by atoms with Crippen LogP contribution in [0.2, 0.25) is 0 Å². The van der Waals surface area contributed by atoms with Crippen LogP contribution >= 0.6 is 0 Å². The Morgan fingerprint density at radius 2 is 2.08 bits per heavy atom. The molecule has 0 aliphatic heterocycles. The summed E-state index contributed by atoms with van der Waals surface area (Å²) in [6.07, 6.45) is 1.87. The third kappa shape index (κ3) is 1.30. The van der Waals surface area contributed by atoms with Crippen molar-refractivity contribution in [2.24, 2.45) is 0 Å². The molecule has 3 nitrogen and oxygen atoms in total. The fourth-order valence-corrected chi connectivity index (χ4v) is 1.51. The smallest absolute Gasteiger partial charge is 0.156 e. The Bertz CT molecular complexity index is 429. The summed E-state index contributed by atoms with van der Waals surface area (Å²) in [5.74, 6) is 0.437. The lowest BCUT2D eigenvalue weighted by Crippen LogP contribution is -1.99. The molecule has 1 N–H and O–H groups in total. The highest BCUT2D eigenvalue weighted by molar-refractivity contribution is 5.70. The van der Waals surface area contributed by atoms with Crippen LogP contribution in [-0.2, 0) is 0 Å². The van der Waals surface area contributed by atoms with Gasteiger partial charge in [0.25, 0.3) is 0 Å². The molecule has 0 aliphatic rings. The molecule has 2 aromatic heterocycles. The maximum atomic E-state index is 4.54. The van der Waals surface area contributed by atoms with Crippen molar-refractivity contribution in [3.05, 3.63) is 23.7 Å². The summed E-state index contributed by atoms with van der Waals surface area (Å²) in [4.78, 5) is 12.0. The third-order valence-corrected chi connectivity index (χ3v) is 2.14. The zero-order valence-corrected chi connectivity index (χ0v) is 8.13. The SMILES string of the molecule is Cc1nc2[nH]ccc2nc1C(C)C. The van der Waals surface area contributed by atoms with Gasteiger partial charge in [0.15, 0.2) is 5.65 Å². The van der Waals surface area contributed by atoms with E-state index in [4.69, 9.17) is 0 Å². The van der Waals surface area contributed by atoms with Gasteiger partial charge in [0.1, 0.15) is 5.52 Å². The van der Waals surface area contributed by atoms with Crippen LogP contribution in [0.15, 0.2) is 12.3 Å². The van der Waals surface area contributed by atoms with Crippen molar-refractivity contribution < 1.29 is 0 Å². The molecule has 0 radical (unpaired) electrons. The van der Waals surface area contributed by atoms with E-state index >= 15 is 0 Å². The summed E-state index contributed by atoms with van der Waals surface area (Å²) in [6, 6.07) is 1.95. The molecule has 3 heteroatoms. The predicted molar refractivity (Wildman–Crippen MR) is 52.7 cm³/mol. The largest absolute Gasteiger partial charge is 0.345 e. The first kappa shape index (κ1) is 8.23. The average molecular weight is 175 g/mol. The molecule has 0 atom stereocenters. The highest BCUT2D eigenvalue weighted by Gasteiger charge is 2.08. The lowest BCUT2D eigenvalue weighted by molar-refractivity contribution is 0.806. The van der Waals surface area contributed by atoms with Crippen LogP contribution in [0.5, 0.6) is 0 Å². The quantitative estimate of drug-likeness (QED) is 0.723. The van der Waals surface area contributed by atoms with E-state index in [0.717, 1.165) is 22.6 Å². The first-order chi connectivity index (χ1) is 6.18. The zero-order chi connectivity index (χ0) is 9.42. The number of hydrogen-bond acceptors (Lipinski definition) is 2. The van der Waals surface area contributed by atoms with Crippen LogP contribution in [0.4, 0.5) is 0 Å². The Kier molecular flexibility index (Phi) is 1.79. The highest BCUT2D eigenvalue weighted by Crippen LogP contribution is 2.17. The summed E-state index contributed by atoms with van der Waals surface area (Å²) in [5.41, 5.74) is 3.94.